The monoisotopic (exact) mass is 232 g/mol. The second-order valence-corrected chi connectivity index (χ2v) is 5.11. The summed E-state index contributed by atoms with van der Waals surface area (Å²) in [6.45, 7) is 1.35. The molecule has 0 bridgehead atoms. The van der Waals surface area contributed by atoms with Gasteiger partial charge in [-0.25, -0.2) is 0 Å². The zero-order valence-electron chi connectivity index (χ0n) is 8.43. The summed E-state index contributed by atoms with van der Waals surface area (Å²) in [6.07, 6.45) is -1.57. The molecule has 0 spiro atoms. The van der Waals surface area contributed by atoms with Crippen molar-refractivity contribution in [2.75, 3.05) is 31.1 Å². The highest BCUT2D eigenvalue weighted by Gasteiger charge is 2.35. The van der Waals surface area contributed by atoms with Gasteiger partial charge in [0.1, 0.15) is 0 Å². The van der Waals surface area contributed by atoms with Crippen molar-refractivity contribution >= 4 is 17.7 Å². The first-order chi connectivity index (χ1) is 7.18. The van der Waals surface area contributed by atoms with Crippen LogP contribution in [0.2, 0.25) is 0 Å². The summed E-state index contributed by atoms with van der Waals surface area (Å²) in [7, 11) is 0. The van der Waals surface area contributed by atoms with Crippen molar-refractivity contribution in [3.63, 3.8) is 0 Å². The minimum atomic E-state index is -0.787. The first-order valence-corrected chi connectivity index (χ1v) is 6.30. The van der Waals surface area contributed by atoms with Gasteiger partial charge >= 0.3 is 0 Å². The lowest BCUT2D eigenvalue weighted by atomic mass is 10.3. The van der Waals surface area contributed by atoms with Crippen LogP contribution in [0.4, 0.5) is 0 Å². The fourth-order valence-electron chi connectivity index (χ4n) is 1.89. The third-order valence-corrected chi connectivity index (χ3v) is 3.85. The van der Waals surface area contributed by atoms with Crippen LogP contribution in [0.25, 0.3) is 0 Å². The Morgan fingerprint density at radius 3 is 2.53 bits per heavy atom. The highest BCUT2D eigenvalue weighted by Crippen LogP contribution is 2.15. The van der Waals surface area contributed by atoms with E-state index >= 15 is 0 Å². The summed E-state index contributed by atoms with van der Waals surface area (Å²) in [5, 5.41) is 21.8. The molecule has 0 aromatic carbocycles. The van der Waals surface area contributed by atoms with E-state index in [-0.39, 0.29) is 25.0 Å². The smallest absolute Gasteiger partial charge is 0.240 e. The largest absolute Gasteiger partial charge is 0.388 e. The molecule has 2 rings (SSSR count). The molecule has 3 unspecified atom stereocenters. The molecule has 2 saturated heterocycles. The molecule has 1 amide bonds. The number of likely N-dealkylation sites (tertiary alicyclic amines) is 1. The number of nitrogens with one attached hydrogen (secondary N) is 1. The molecule has 3 atom stereocenters. The second-order valence-electron chi connectivity index (χ2n) is 3.96. The average Bonchev–Trinajstić information content (AvgIpc) is 2.59. The number of hydrogen-bond acceptors (Lipinski definition) is 5. The van der Waals surface area contributed by atoms with E-state index in [1.807, 2.05) is 0 Å². The molecule has 86 valence electrons. The maximum atomic E-state index is 11.9. The summed E-state index contributed by atoms with van der Waals surface area (Å²) in [5.41, 5.74) is 0. The predicted molar refractivity (Wildman–Crippen MR) is 57.7 cm³/mol. The number of amides is 1. The predicted octanol–water partition coefficient (Wildman–Crippen LogP) is -1.74. The Morgan fingerprint density at radius 1 is 1.33 bits per heavy atom. The zero-order valence-corrected chi connectivity index (χ0v) is 9.24. The zero-order chi connectivity index (χ0) is 10.8. The molecular weight excluding hydrogens is 216 g/mol. The van der Waals surface area contributed by atoms with E-state index in [0.717, 1.165) is 18.1 Å². The van der Waals surface area contributed by atoms with Crippen LogP contribution in [0.15, 0.2) is 0 Å². The summed E-state index contributed by atoms with van der Waals surface area (Å²) in [5.74, 6) is 1.81. The lowest BCUT2D eigenvalue weighted by Crippen LogP contribution is -2.50. The Hall–Kier alpha value is -0.300. The van der Waals surface area contributed by atoms with Gasteiger partial charge in [-0.1, -0.05) is 0 Å². The van der Waals surface area contributed by atoms with Crippen LogP contribution in [0.1, 0.15) is 0 Å². The molecule has 0 saturated carbocycles. The molecular formula is C9H16N2O3S. The number of nitrogens with zero attached hydrogens (tertiary/aromatic N) is 1. The average molecular weight is 232 g/mol. The first kappa shape index (κ1) is 11.2. The van der Waals surface area contributed by atoms with Crippen LogP contribution in [0, 0.1) is 0 Å². The van der Waals surface area contributed by atoms with Gasteiger partial charge in [0, 0.05) is 31.1 Å². The van der Waals surface area contributed by atoms with Crippen LogP contribution in [0.3, 0.4) is 0 Å². The minimum Gasteiger partial charge on any atom is -0.388 e. The van der Waals surface area contributed by atoms with E-state index in [1.54, 1.807) is 16.7 Å². The Kier molecular flexibility index (Phi) is 3.50. The number of aliphatic hydroxyl groups is 2. The maximum absolute atomic E-state index is 11.9. The number of carbonyl (C=O) groups excluding carboxylic acids is 1. The summed E-state index contributed by atoms with van der Waals surface area (Å²) >= 11 is 1.76. The molecule has 0 aromatic heterocycles. The molecule has 0 aliphatic carbocycles. The van der Waals surface area contributed by atoms with E-state index in [1.165, 1.54) is 0 Å². The number of hydrogen-bond donors (Lipinski definition) is 3. The lowest BCUT2D eigenvalue weighted by molar-refractivity contribution is -0.132. The van der Waals surface area contributed by atoms with Gasteiger partial charge in [-0.2, -0.15) is 11.8 Å². The maximum Gasteiger partial charge on any atom is 0.240 e. The molecule has 2 heterocycles. The standard InChI is InChI=1S/C9H16N2O3S/c12-7-3-11(4-8(7)13)9(14)6-5-15-2-1-10-6/h6-8,10,12-13H,1-5H2. The number of rotatable bonds is 1. The number of aliphatic hydroxyl groups excluding tert-OH is 2. The first-order valence-electron chi connectivity index (χ1n) is 5.14. The van der Waals surface area contributed by atoms with Crippen LogP contribution in [-0.4, -0.2) is 70.4 Å². The third kappa shape index (κ3) is 2.44. The van der Waals surface area contributed by atoms with E-state index in [0.29, 0.717) is 0 Å². The SMILES string of the molecule is O=C(C1CSCCN1)N1CC(O)C(O)C1. The Balaban J connectivity index is 1.90. The lowest BCUT2D eigenvalue weighted by Gasteiger charge is -2.26. The van der Waals surface area contributed by atoms with Gasteiger partial charge in [-0.05, 0) is 0 Å². The third-order valence-electron chi connectivity index (χ3n) is 2.79. The van der Waals surface area contributed by atoms with E-state index in [9.17, 15) is 15.0 Å². The van der Waals surface area contributed by atoms with Crippen LogP contribution in [0.5, 0.6) is 0 Å². The van der Waals surface area contributed by atoms with Gasteiger partial charge in [-0.3, -0.25) is 4.79 Å². The van der Waals surface area contributed by atoms with Gasteiger partial charge in [-0.15, -0.1) is 0 Å². The van der Waals surface area contributed by atoms with Crippen molar-refractivity contribution in [1.29, 1.82) is 0 Å². The Bertz CT molecular complexity index is 236. The molecule has 2 fully saturated rings. The van der Waals surface area contributed by atoms with Crippen LogP contribution in [-0.2, 0) is 4.79 Å². The van der Waals surface area contributed by atoms with Crippen molar-refractivity contribution in [3.05, 3.63) is 0 Å². The Morgan fingerprint density at radius 2 is 2.00 bits per heavy atom. The van der Waals surface area contributed by atoms with Gasteiger partial charge < -0.3 is 20.4 Å². The number of carbonyl (C=O) groups is 1. The van der Waals surface area contributed by atoms with Gasteiger partial charge in [0.05, 0.1) is 18.2 Å². The van der Waals surface area contributed by atoms with E-state index in [2.05, 4.69) is 5.32 Å². The van der Waals surface area contributed by atoms with Crippen molar-refractivity contribution in [1.82, 2.24) is 10.2 Å². The van der Waals surface area contributed by atoms with Crippen molar-refractivity contribution in [2.45, 2.75) is 18.2 Å². The van der Waals surface area contributed by atoms with Crippen LogP contribution >= 0.6 is 11.8 Å². The van der Waals surface area contributed by atoms with Crippen molar-refractivity contribution in [2.24, 2.45) is 0 Å². The highest BCUT2D eigenvalue weighted by atomic mass is 32.2. The molecule has 5 nitrogen and oxygen atoms in total. The van der Waals surface area contributed by atoms with Gasteiger partial charge in [0.2, 0.25) is 5.91 Å². The summed E-state index contributed by atoms with van der Waals surface area (Å²) < 4.78 is 0. The fraction of sp³-hybridized carbons (Fsp3) is 0.889. The van der Waals surface area contributed by atoms with E-state index < -0.39 is 12.2 Å². The second kappa shape index (κ2) is 4.69. The van der Waals surface area contributed by atoms with E-state index in [4.69, 9.17) is 0 Å². The highest BCUT2D eigenvalue weighted by molar-refractivity contribution is 7.99. The normalized spacial score (nSPS) is 36.9. The molecule has 2 aliphatic rings. The number of thioether (sulfide) groups is 1. The molecule has 0 aromatic rings. The fourth-order valence-corrected chi connectivity index (χ4v) is 2.82. The number of β-amino-alcohol motifs (C(OH)–C–C–N with tert-alkyl or cyclic N) is 2. The van der Waals surface area contributed by atoms with Crippen molar-refractivity contribution in [3.8, 4) is 0 Å². The molecule has 3 N–H and O–H groups in total. The summed E-state index contributed by atoms with van der Waals surface area (Å²) in [6, 6.07) is -0.152. The molecule has 6 heteroatoms. The Labute approximate surface area is 92.8 Å². The van der Waals surface area contributed by atoms with Crippen LogP contribution < -0.4 is 5.32 Å². The van der Waals surface area contributed by atoms with Crippen molar-refractivity contribution < 1.29 is 15.0 Å². The molecule has 0 radical (unpaired) electrons. The summed E-state index contributed by atoms with van der Waals surface area (Å²) in [4.78, 5) is 13.5. The van der Waals surface area contributed by atoms with Gasteiger partial charge in [0.25, 0.3) is 0 Å². The molecule has 2 aliphatic heterocycles. The minimum absolute atomic E-state index is 0.00204. The quantitative estimate of drug-likeness (QED) is 0.500. The molecule has 15 heavy (non-hydrogen) atoms. The van der Waals surface area contributed by atoms with Gasteiger partial charge in [0.15, 0.2) is 0 Å². The topological polar surface area (TPSA) is 72.8 Å².